The molecule has 1 nitrogen and oxygen atoms in total. The van der Waals surface area contributed by atoms with Crippen LogP contribution in [-0.4, -0.2) is 5.11 Å². The molecule has 0 aliphatic carbocycles. The molecular weight excluding hydrogens is 148 g/mol. The van der Waals surface area contributed by atoms with Crippen molar-refractivity contribution in [2.45, 2.75) is 33.6 Å². The molecule has 0 spiro atoms. The normalized spacial score (nSPS) is 10.2. The highest BCUT2D eigenvalue weighted by Crippen LogP contribution is 2.23. The summed E-state index contributed by atoms with van der Waals surface area (Å²) >= 11 is 0. The van der Waals surface area contributed by atoms with Gasteiger partial charge in [0.2, 0.25) is 0 Å². The predicted octanol–water partition coefficient (Wildman–Crippen LogP) is 2.83. The first kappa shape index (κ1) is 9.11. The summed E-state index contributed by atoms with van der Waals surface area (Å²) in [5.74, 6) is 0.453. The summed E-state index contributed by atoms with van der Waals surface area (Å²) < 4.78 is 0. The van der Waals surface area contributed by atoms with Crippen molar-refractivity contribution >= 4 is 0 Å². The van der Waals surface area contributed by atoms with E-state index in [2.05, 4.69) is 26.8 Å². The summed E-state index contributed by atoms with van der Waals surface area (Å²) in [6.07, 6.45) is 1.89. The Morgan fingerprint density at radius 1 is 1.17 bits per heavy atom. The molecule has 1 rings (SSSR count). The zero-order valence-corrected chi connectivity index (χ0v) is 8.02. The summed E-state index contributed by atoms with van der Waals surface area (Å²) in [5.41, 5.74) is 3.49. The van der Waals surface area contributed by atoms with E-state index in [1.54, 1.807) is 0 Å². The van der Waals surface area contributed by atoms with Gasteiger partial charge >= 0.3 is 0 Å². The van der Waals surface area contributed by atoms with Gasteiger partial charge < -0.3 is 5.11 Å². The monoisotopic (exact) mass is 164 g/mol. The molecule has 66 valence electrons. The quantitative estimate of drug-likeness (QED) is 0.712. The van der Waals surface area contributed by atoms with Crippen molar-refractivity contribution in [3.05, 3.63) is 28.8 Å². The second-order valence-corrected chi connectivity index (χ2v) is 3.12. The molecule has 0 fully saturated rings. The molecule has 1 heteroatoms. The van der Waals surface area contributed by atoms with Gasteiger partial charge in [0.1, 0.15) is 5.75 Å². The van der Waals surface area contributed by atoms with Crippen LogP contribution in [0.3, 0.4) is 0 Å². The highest BCUT2D eigenvalue weighted by atomic mass is 16.3. The fourth-order valence-corrected chi connectivity index (χ4v) is 1.54. The van der Waals surface area contributed by atoms with E-state index in [0.29, 0.717) is 5.75 Å². The molecule has 0 heterocycles. The molecular formula is C11H16O. The Hall–Kier alpha value is -0.980. The lowest BCUT2D eigenvalue weighted by molar-refractivity contribution is 0.467. The van der Waals surface area contributed by atoms with Gasteiger partial charge in [0.15, 0.2) is 0 Å². The second-order valence-electron chi connectivity index (χ2n) is 3.12. The lowest BCUT2D eigenvalue weighted by Crippen LogP contribution is -1.90. The van der Waals surface area contributed by atoms with Gasteiger partial charge in [0.05, 0.1) is 0 Å². The Morgan fingerprint density at radius 2 is 1.83 bits per heavy atom. The molecule has 0 aliphatic rings. The number of hydrogen-bond donors (Lipinski definition) is 1. The van der Waals surface area contributed by atoms with E-state index < -0.39 is 0 Å². The summed E-state index contributed by atoms with van der Waals surface area (Å²) in [6.45, 7) is 6.21. The fourth-order valence-electron chi connectivity index (χ4n) is 1.54. The minimum atomic E-state index is 0.453. The highest BCUT2D eigenvalue weighted by molar-refractivity contribution is 5.42. The van der Waals surface area contributed by atoms with Crippen molar-refractivity contribution in [3.63, 3.8) is 0 Å². The Morgan fingerprint density at radius 3 is 2.25 bits per heavy atom. The van der Waals surface area contributed by atoms with Crippen molar-refractivity contribution < 1.29 is 5.11 Å². The third kappa shape index (κ3) is 1.60. The molecule has 1 N–H and O–H groups in total. The molecule has 0 saturated heterocycles. The Labute approximate surface area is 74.1 Å². The van der Waals surface area contributed by atoms with E-state index in [1.165, 1.54) is 11.1 Å². The van der Waals surface area contributed by atoms with Crippen LogP contribution in [0.4, 0.5) is 0 Å². The van der Waals surface area contributed by atoms with Gasteiger partial charge in [-0.2, -0.15) is 0 Å². The lowest BCUT2D eigenvalue weighted by Gasteiger charge is -2.08. The molecule has 0 aromatic heterocycles. The molecule has 0 atom stereocenters. The zero-order chi connectivity index (χ0) is 9.14. The minimum Gasteiger partial charge on any atom is -0.508 e. The van der Waals surface area contributed by atoms with Gasteiger partial charge in [-0.3, -0.25) is 0 Å². The second kappa shape index (κ2) is 3.61. The van der Waals surface area contributed by atoms with Crippen LogP contribution >= 0.6 is 0 Å². The molecule has 1 aromatic rings. The minimum absolute atomic E-state index is 0.453. The summed E-state index contributed by atoms with van der Waals surface area (Å²) in [5, 5.41) is 9.60. The van der Waals surface area contributed by atoms with Crippen molar-refractivity contribution in [1.82, 2.24) is 0 Å². The molecule has 0 radical (unpaired) electrons. The summed E-state index contributed by atoms with van der Waals surface area (Å²) in [7, 11) is 0. The maximum absolute atomic E-state index is 9.60. The van der Waals surface area contributed by atoms with E-state index in [-0.39, 0.29) is 0 Å². The van der Waals surface area contributed by atoms with Crippen molar-refractivity contribution in [1.29, 1.82) is 0 Å². The van der Waals surface area contributed by atoms with Gasteiger partial charge in [0.25, 0.3) is 0 Å². The van der Waals surface area contributed by atoms with Crippen LogP contribution in [0.15, 0.2) is 12.1 Å². The third-order valence-corrected chi connectivity index (χ3v) is 2.27. The van der Waals surface area contributed by atoms with Crippen molar-refractivity contribution in [2.75, 3.05) is 0 Å². The van der Waals surface area contributed by atoms with Crippen LogP contribution in [0.2, 0.25) is 0 Å². The van der Waals surface area contributed by atoms with E-state index in [9.17, 15) is 5.11 Å². The number of benzene rings is 1. The van der Waals surface area contributed by atoms with Crippen LogP contribution in [0.5, 0.6) is 5.75 Å². The van der Waals surface area contributed by atoms with Crippen LogP contribution in [0.1, 0.15) is 30.5 Å². The van der Waals surface area contributed by atoms with Crippen LogP contribution in [-0.2, 0) is 12.8 Å². The molecule has 0 amide bonds. The SMILES string of the molecule is CCc1cc(C)c(CC)c(O)c1. The molecule has 0 unspecified atom stereocenters. The van der Waals surface area contributed by atoms with Gasteiger partial charge in [-0.25, -0.2) is 0 Å². The Bertz CT molecular complexity index is 253. The smallest absolute Gasteiger partial charge is 0.119 e. The molecule has 1 aromatic carbocycles. The van der Waals surface area contributed by atoms with Crippen molar-refractivity contribution in [3.8, 4) is 5.75 Å². The topological polar surface area (TPSA) is 20.2 Å². The average Bonchev–Trinajstić information content (AvgIpc) is 2.03. The van der Waals surface area contributed by atoms with Gasteiger partial charge in [-0.15, -0.1) is 0 Å². The maximum atomic E-state index is 9.60. The first-order valence-corrected chi connectivity index (χ1v) is 4.50. The first-order chi connectivity index (χ1) is 5.69. The number of phenolic OH excluding ortho intramolecular Hbond substituents is 1. The van der Waals surface area contributed by atoms with Crippen LogP contribution < -0.4 is 0 Å². The molecule has 0 saturated carbocycles. The third-order valence-electron chi connectivity index (χ3n) is 2.27. The van der Waals surface area contributed by atoms with Gasteiger partial charge in [-0.05, 0) is 42.5 Å². The van der Waals surface area contributed by atoms with E-state index in [1.807, 2.05) is 6.07 Å². The fraction of sp³-hybridized carbons (Fsp3) is 0.455. The lowest BCUT2D eigenvalue weighted by atomic mass is 10.0. The van der Waals surface area contributed by atoms with Crippen LogP contribution in [0, 0.1) is 6.92 Å². The predicted molar refractivity (Wildman–Crippen MR) is 51.6 cm³/mol. The van der Waals surface area contributed by atoms with E-state index in [0.717, 1.165) is 18.4 Å². The van der Waals surface area contributed by atoms with E-state index in [4.69, 9.17) is 0 Å². The number of aryl methyl sites for hydroxylation is 2. The summed E-state index contributed by atoms with van der Waals surface area (Å²) in [6, 6.07) is 4.02. The molecule has 0 aliphatic heterocycles. The summed E-state index contributed by atoms with van der Waals surface area (Å²) in [4.78, 5) is 0. The number of aromatic hydroxyl groups is 1. The van der Waals surface area contributed by atoms with Crippen molar-refractivity contribution in [2.24, 2.45) is 0 Å². The number of phenols is 1. The largest absolute Gasteiger partial charge is 0.508 e. The maximum Gasteiger partial charge on any atom is 0.119 e. The zero-order valence-electron chi connectivity index (χ0n) is 8.02. The first-order valence-electron chi connectivity index (χ1n) is 4.50. The number of rotatable bonds is 2. The van der Waals surface area contributed by atoms with Gasteiger partial charge in [0, 0.05) is 0 Å². The Balaban J connectivity index is 3.18. The Kier molecular flexibility index (Phi) is 2.74. The average molecular weight is 164 g/mol. The van der Waals surface area contributed by atoms with Crippen LogP contribution in [0.25, 0.3) is 0 Å². The number of hydrogen-bond acceptors (Lipinski definition) is 1. The highest BCUT2D eigenvalue weighted by Gasteiger charge is 2.03. The standard InChI is InChI=1S/C11H16O/c1-4-9-6-8(3)10(5-2)11(12)7-9/h6-7,12H,4-5H2,1-3H3. The van der Waals surface area contributed by atoms with E-state index >= 15 is 0 Å². The molecule has 12 heavy (non-hydrogen) atoms. The molecule has 0 bridgehead atoms. The van der Waals surface area contributed by atoms with Gasteiger partial charge in [-0.1, -0.05) is 19.9 Å².